The van der Waals surface area contributed by atoms with Gasteiger partial charge in [-0.2, -0.15) is 5.26 Å². The Morgan fingerprint density at radius 1 is 1.38 bits per heavy atom. The van der Waals surface area contributed by atoms with Gasteiger partial charge in [0.2, 0.25) is 0 Å². The predicted molar refractivity (Wildman–Crippen MR) is 93.5 cm³/mol. The summed E-state index contributed by atoms with van der Waals surface area (Å²) in [5.41, 5.74) is 0.447. The van der Waals surface area contributed by atoms with Gasteiger partial charge >= 0.3 is 0 Å². The highest BCUT2D eigenvalue weighted by atomic mass is 32.2. The monoisotopic (exact) mass is 375 g/mol. The van der Waals surface area contributed by atoms with Crippen LogP contribution in [0.1, 0.15) is 12.5 Å². The smallest absolute Gasteiger partial charge is 0.282 e. The fraction of sp³-hybridized carbons (Fsp3) is 0.412. The van der Waals surface area contributed by atoms with E-state index in [1.165, 1.54) is 22.9 Å². The highest BCUT2D eigenvalue weighted by molar-refractivity contribution is 7.99. The summed E-state index contributed by atoms with van der Waals surface area (Å²) >= 11 is 1.49. The molecule has 2 aromatic heterocycles. The van der Waals surface area contributed by atoms with E-state index in [4.69, 9.17) is 0 Å². The largest absolute Gasteiger partial charge is 0.344 e. The SMILES string of the molecule is CC1CSc2nc(-c3ccc(N4CC(F)(F)C4)nc3)c(C#N)c(=O)n2C1. The molecule has 0 N–H and O–H groups in total. The van der Waals surface area contributed by atoms with Crippen LogP contribution in [0, 0.1) is 17.2 Å². The van der Waals surface area contributed by atoms with Gasteiger partial charge in [-0.25, -0.2) is 18.7 Å². The van der Waals surface area contributed by atoms with Crippen molar-refractivity contribution in [3.8, 4) is 17.3 Å². The number of halogens is 2. The van der Waals surface area contributed by atoms with Crippen molar-refractivity contribution in [2.45, 2.75) is 24.5 Å². The Kier molecular flexibility index (Phi) is 3.95. The molecule has 1 atom stereocenters. The van der Waals surface area contributed by atoms with Crippen molar-refractivity contribution in [2.24, 2.45) is 5.92 Å². The van der Waals surface area contributed by atoms with Crippen LogP contribution in [0.5, 0.6) is 0 Å². The van der Waals surface area contributed by atoms with Crippen LogP contribution in [0.15, 0.2) is 28.3 Å². The van der Waals surface area contributed by atoms with Crippen LogP contribution in [-0.2, 0) is 6.54 Å². The molecule has 2 aliphatic heterocycles. The molecule has 0 saturated carbocycles. The van der Waals surface area contributed by atoms with Crippen LogP contribution >= 0.6 is 11.8 Å². The summed E-state index contributed by atoms with van der Waals surface area (Å²) in [6, 6.07) is 5.23. The van der Waals surface area contributed by atoms with Crippen molar-refractivity contribution < 1.29 is 8.78 Å². The third kappa shape index (κ3) is 2.84. The lowest BCUT2D eigenvalue weighted by Crippen LogP contribution is -2.56. The van der Waals surface area contributed by atoms with Gasteiger partial charge in [-0.05, 0) is 18.1 Å². The molecule has 134 valence electrons. The minimum absolute atomic E-state index is 0.0199. The summed E-state index contributed by atoms with van der Waals surface area (Å²) in [4.78, 5) is 22.8. The fourth-order valence-electron chi connectivity index (χ4n) is 3.08. The Bertz CT molecular complexity index is 959. The maximum absolute atomic E-state index is 13.0. The molecule has 4 heterocycles. The summed E-state index contributed by atoms with van der Waals surface area (Å²) in [6.45, 7) is 1.89. The maximum atomic E-state index is 13.0. The van der Waals surface area contributed by atoms with E-state index in [9.17, 15) is 18.8 Å². The van der Waals surface area contributed by atoms with E-state index in [1.54, 1.807) is 16.7 Å². The second-order valence-electron chi connectivity index (χ2n) is 6.68. The lowest BCUT2D eigenvalue weighted by Gasteiger charge is -2.39. The molecule has 0 amide bonds. The predicted octanol–water partition coefficient (Wildman–Crippen LogP) is 2.37. The molecule has 0 bridgehead atoms. The number of nitriles is 1. The normalized spacial score (nSPS) is 20.8. The molecule has 26 heavy (non-hydrogen) atoms. The second-order valence-corrected chi connectivity index (χ2v) is 7.67. The zero-order chi connectivity index (χ0) is 18.5. The summed E-state index contributed by atoms with van der Waals surface area (Å²) in [7, 11) is 0. The molecular formula is C17H15F2N5OS. The number of hydrogen-bond acceptors (Lipinski definition) is 6. The number of thioether (sulfide) groups is 1. The fourth-order valence-corrected chi connectivity index (χ4v) is 4.09. The molecule has 2 aliphatic rings. The quantitative estimate of drug-likeness (QED) is 0.751. The van der Waals surface area contributed by atoms with Crippen molar-refractivity contribution in [2.75, 3.05) is 23.7 Å². The van der Waals surface area contributed by atoms with Gasteiger partial charge in [0.1, 0.15) is 17.5 Å². The Labute approximate surface area is 152 Å². The van der Waals surface area contributed by atoms with Gasteiger partial charge < -0.3 is 4.90 Å². The average molecular weight is 375 g/mol. The molecule has 0 aromatic carbocycles. The Hall–Kier alpha value is -2.47. The van der Waals surface area contributed by atoms with Crippen molar-refractivity contribution in [3.05, 3.63) is 34.2 Å². The Morgan fingerprint density at radius 2 is 2.15 bits per heavy atom. The lowest BCUT2D eigenvalue weighted by atomic mass is 10.1. The summed E-state index contributed by atoms with van der Waals surface area (Å²) < 4.78 is 27.5. The minimum Gasteiger partial charge on any atom is -0.344 e. The molecule has 4 rings (SSSR count). The highest BCUT2D eigenvalue weighted by Gasteiger charge is 2.44. The standard InChI is InChI=1S/C17H15F2N5OS/c1-10-6-24-15(25)12(4-20)14(22-16(24)26-7-10)11-2-3-13(21-5-11)23-8-17(18,19)9-23/h2-3,5,10H,6-9H2,1H3. The van der Waals surface area contributed by atoms with E-state index in [-0.39, 0.29) is 24.2 Å². The van der Waals surface area contributed by atoms with Crippen molar-refractivity contribution in [3.63, 3.8) is 0 Å². The van der Waals surface area contributed by atoms with Crippen molar-refractivity contribution in [1.82, 2.24) is 14.5 Å². The molecule has 9 heteroatoms. The zero-order valence-corrected chi connectivity index (χ0v) is 14.8. The average Bonchev–Trinajstić information content (AvgIpc) is 2.60. The number of pyridine rings is 1. The molecule has 1 fully saturated rings. The lowest BCUT2D eigenvalue weighted by molar-refractivity contribution is -0.0266. The van der Waals surface area contributed by atoms with Gasteiger partial charge in [-0.15, -0.1) is 0 Å². The van der Waals surface area contributed by atoms with Gasteiger partial charge in [-0.3, -0.25) is 9.36 Å². The topological polar surface area (TPSA) is 74.8 Å². The van der Waals surface area contributed by atoms with Gasteiger partial charge in [-0.1, -0.05) is 18.7 Å². The van der Waals surface area contributed by atoms with E-state index in [1.807, 2.05) is 13.0 Å². The van der Waals surface area contributed by atoms with Crippen LogP contribution in [0.2, 0.25) is 0 Å². The molecule has 6 nitrogen and oxygen atoms in total. The number of nitrogens with zero attached hydrogens (tertiary/aromatic N) is 5. The summed E-state index contributed by atoms with van der Waals surface area (Å²) in [5.74, 6) is -1.04. The first kappa shape index (κ1) is 17.0. The van der Waals surface area contributed by atoms with Crippen LogP contribution in [-0.4, -0.2) is 39.3 Å². The molecule has 1 saturated heterocycles. The zero-order valence-electron chi connectivity index (χ0n) is 13.9. The molecule has 0 aliphatic carbocycles. The first-order chi connectivity index (χ1) is 12.4. The first-order valence-electron chi connectivity index (χ1n) is 8.15. The van der Waals surface area contributed by atoms with Crippen LogP contribution < -0.4 is 10.5 Å². The number of anilines is 1. The first-order valence-corrected chi connectivity index (χ1v) is 9.13. The minimum atomic E-state index is -2.67. The number of alkyl halides is 2. The summed E-state index contributed by atoms with van der Waals surface area (Å²) in [6.07, 6.45) is 1.47. The van der Waals surface area contributed by atoms with Gasteiger partial charge in [0.05, 0.1) is 18.8 Å². The van der Waals surface area contributed by atoms with E-state index in [0.717, 1.165) is 5.75 Å². The van der Waals surface area contributed by atoms with Crippen LogP contribution in [0.25, 0.3) is 11.3 Å². The molecule has 1 unspecified atom stereocenters. The highest BCUT2D eigenvalue weighted by Crippen LogP contribution is 2.32. The number of fused-ring (bicyclic) bond motifs is 1. The van der Waals surface area contributed by atoms with Gasteiger partial charge in [0.25, 0.3) is 11.5 Å². The van der Waals surface area contributed by atoms with E-state index >= 15 is 0 Å². The number of rotatable bonds is 2. The summed E-state index contributed by atoms with van der Waals surface area (Å²) in [5, 5.41) is 10.0. The number of hydrogen-bond donors (Lipinski definition) is 0. The third-order valence-corrected chi connectivity index (χ3v) is 5.73. The third-order valence-electron chi connectivity index (χ3n) is 4.43. The van der Waals surface area contributed by atoms with Crippen LogP contribution in [0.4, 0.5) is 14.6 Å². The molecule has 0 spiro atoms. The molecule has 0 radical (unpaired) electrons. The van der Waals surface area contributed by atoms with Gasteiger partial charge in [0, 0.05) is 24.1 Å². The molecule has 2 aromatic rings. The van der Waals surface area contributed by atoms with Crippen molar-refractivity contribution >= 4 is 17.6 Å². The molecular weight excluding hydrogens is 360 g/mol. The second kappa shape index (κ2) is 6.06. The maximum Gasteiger partial charge on any atom is 0.282 e. The Balaban J connectivity index is 1.71. The van der Waals surface area contributed by atoms with E-state index < -0.39 is 5.92 Å². The van der Waals surface area contributed by atoms with Crippen LogP contribution in [0.3, 0.4) is 0 Å². The Morgan fingerprint density at radius 3 is 2.77 bits per heavy atom. The van der Waals surface area contributed by atoms with E-state index in [2.05, 4.69) is 9.97 Å². The number of aromatic nitrogens is 3. The van der Waals surface area contributed by atoms with Gasteiger partial charge in [0.15, 0.2) is 5.16 Å². The van der Waals surface area contributed by atoms with Crippen molar-refractivity contribution in [1.29, 1.82) is 5.26 Å². The van der Waals surface area contributed by atoms with E-state index in [0.29, 0.717) is 34.7 Å².